The third-order valence-corrected chi connectivity index (χ3v) is 4.17. The molecule has 2 heteroatoms. The minimum absolute atomic E-state index is 0.355. The summed E-state index contributed by atoms with van der Waals surface area (Å²) in [4.78, 5) is 0. The highest BCUT2D eigenvalue weighted by Crippen LogP contribution is 2.31. The van der Waals surface area contributed by atoms with Gasteiger partial charge in [0.15, 0.2) is 0 Å². The van der Waals surface area contributed by atoms with Gasteiger partial charge in [0, 0.05) is 0 Å². The van der Waals surface area contributed by atoms with Gasteiger partial charge in [-0.1, -0.05) is 56.2 Å². The van der Waals surface area contributed by atoms with Crippen molar-refractivity contribution in [1.82, 2.24) is 0 Å². The van der Waals surface area contributed by atoms with Crippen molar-refractivity contribution in [3.8, 4) is 0 Å². The first kappa shape index (κ1) is 14.3. The van der Waals surface area contributed by atoms with Crippen molar-refractivity contribution in [3.63, 3.8) is 0 Å². The molecule has 19 heavy (non-hydrogen) atoms. The Kier molecular flexibility index (Phi) is 5.17. The molecule has 0 saturated heterocycles. The fourth-order valence-corrected chi connectivity index (χ4v) is 2.94. The lowest BCUT2D eigenvalue weighted by Crippen LogP contribution is -2.24. The number of benzene rings is 1. The lowest BCUT2D eigenvalue weighted by molar-refractivity contribution is 0.0776. The zero-order valence-corrected chi connectivity index (χ0v) is 11.5. The quantitative estimate of drug-likeness (QED) is 0.794. The lowest BCUT2D eigenvalue weighted by Gasteiger charge is -2.28. The molecule has 1 saturated carbocycles. The normalized spacial score (nSPS) is 19.9. The van der Waals surface area contributed by atoms with Gasteiger partial charge >= 0.3 is 0 Å². The molecule has 0 unspecified atom stereocenters. The van der Waals surface area contributed by atoms with E-state index in [0.29, 0.717) is 17.9 Å². The fourth-order valence-electron chi connectivity index (χ4n) is 2.94. The Morgan fingerprint density at radius 3 is 2.37 bits per heavy atom. The van der Waals surface area contributed by atoms with Gasteiger partial charge < -0.3 is 10.2 Å². The van der Waals surface area contributed by atoms with Crippen LogP contribution < -0.4 is 0 Å². The molecule has 1 aliphatic carbocycles. The van der Waals surface area contributed by atoms with Crippen LogP contribution in [0.5, 0.6) is 0 Å². The molecule has 104 valence electrons. The molecule has 0 spiro atoms. The molecule has 0 amide bonds. The van der Waals surface area contributed by atoms with Crippen molar-refractivity contribution in [3.05, 3.63) is 48.0 Å². The summed E-state index contributed by atoms with van der Waals surface area (Å²) in [6, 6.07) is 9.52. The minimum Gasteiger partial charge on any atom is -0.393 e. The predicted octanol–water partition coefficient (Wildman–Crippen LogP) is 3.61. The van der Waals surface area contributed by atoms with E-state index in [-0.39, 0.29) is 6.10 Å². The molecule has 1 fully saturated rings. The second-order valence-corrected chi connectivity index (χ2v) is 5.64. The highest BCUT2D eigenvalue weighted by molar-refractivity contribution is 5.24. The van der Waals surface area contributed by atoms with Crippen LogP contribution in [0.2, 0.25) is 0 Å². The van der Waals surface area contributed by atoms with E-state index >= 15 is 0 Å². The van der Waals surface area contributed by atoms with Gasteiger partial charge in [0.05, 0.1) is 12.2 Å². The molecule has 0 aromatic heterocycles. The van der Waals surface area contributed by atoms with E-state index in [1.54, 1.807) is 0 Å². The maximum atomic E-state index is 10.3. The molecule has 2 rings (SSSR count). The second kappa shape index (κ2) is 6.88. The SMILES string of the molecule is C=C(C[C@H](O)C1CCCCC1)[C@H](O)c1ccccc1. The van der Waals surface area contributed by atoms with Gasteiger partial charge in [-0.2, -0.15) is 0 Å². The molecule has 0 radical (unpaired) electrons. The number of hydrogen-bond donors (Lipinski definition) is 2. The number of aliphatic hydroxyl groups is 2. The van der Waals surface area contributed by atoms with Crippen molar-refractivity contribution in [2.24, 2.45) is 5.92 Å². The third-order valence-electron chi connectivity index (χ3n) is 4.17. The number of hydrogen-bond acceptors (Lipinski definition) is 2. The van der Waals surface area contributed by atoms with Gasteiger partial charge in [0.25, 0.3) is 0 Å². The molecule has 1 aliphatic rings. The first-order chi connectivity index (χ1) is 9.18. The van der Waals surface area contributed by atoms with E-state index in [0.717, 1.165) is 18.4 Å². The summed E-state index contributed by atoms with van der Waals surface area (Å²) in [5.41, 5.74) is 1.56. The average molecular weight is 260 g/mol. The van der Waals surface area contributed by atoms with Crippen molar-refractivity contribution < 1.29 is 10.2 Å². The Balaban J connectivity index is 1.89. The molecule has 2 N–H and O–H groups in total. The van der Waals surface area contributed by atoms with Crippen molar-refractivity contribution in [1.29, 1.82) is 0 Å². The van der Waals surface area contributed by atoms with Crippen LogP contribution in [0.1, 0.15) is 50.2 Å². The van der Waals surface area contributed by atoms with Crippen LogP contribution in [0.15, 0.2) is 42.5 Å². The Morgan fingerprint density at radius 1 is 1.11 bits per heavy atom. The maximum Gasteiger partial charge on any atom is 0.0999 e. The zero-order valence-electron chi connectivity index (χ0n) is 11.5. The Bertz CT molecular complexity index is 393. The van der Waals surface area contributed by atoms with Gasteiger partial charge in [0.1, 0.15) is 0 Å². The number of rotatable bonds is 5. The summed E-state index contributed by atoms with van der Waals surface area (Å²) in [6.07, 6.45) is 5.42. The molecule has 0 heterocycles. The molecule has 1 aromatic carbocycles. The molecule has 2 nitrogen and oxygen atoms in total. The van der Waals surface area contributed by atoms with Crippen LogP contribution in [0.4, 0.5) is 0 Å². The summed E-state index contributed by atoms with van der Waals surface area (Å²) in [6.45, 7) is 3.96. The molecular formula is C17H24O2. The second-order valence-electron chi connectivity index (χ2n) is 5.64. The molecule has 0 bridgehead atoms. The van der Waals surface area contributed by atoms with Gasteiger partial charge in [0.2, 0.25) is 0 Å². The van der Waals surface area contributed by atoms with Gasteiger partial charge in [-0.3, -0.25) is 0 Å². The fraction of sp³-hybridized carbons (Fsp3) is 0.529. The summed E-state index contributed by atoms with van der Waals surface area (Å²) >= 11 is 0. The minimum atomic E-state index is -0.667. The Hall–Kier alpha value is -1.12. The molecule has 0 aliphatic heterocycles. The van der Waals surface area contributed by atoms with E-state index in [1.165, 1.54) is 19.3 Å². The smallest absolute Gasteiger partial charge is 0.0999 e. The predicted molar refractivity (Wildman–Crippen MR) is 77.7 cm³/mol. The van der Waals surface area contributed by atoms with E-state index in [1.807, 2.05) is 30.3 Å². The van der Waals surface area contributed by atoms with Gasteiger partial charge in [-0.05, 0) is 36.3 Å². The zero-order chi connectivity index (χ0) is 13.7. The first-order valence-corrected chi connectivity index (χ1v) is 7.27. The van der Waals surface area contributed by atoms with E-state index in [2.05, 4.69) is 6.58 Å². The summed E-state index contributed by atoms with van der Waals surface area (Å²) < 4.78 is 0. The van der Waals surface area contributed by atoms with Gasteiger partial charge in [-0.15, -0.1) is 0 Å². The largest absolute Gasteiger partial charge is 0.393 e. The van der Waals surface area contributed by atoms with Gasteiger partial charge in [-0.25, -0.2) is 0 Å². The summed E-state index contributed by atoms with van der Waals surface area (Å²) in [5.74, 6) is 0.383. The molecular weight excluding hydrogens is 236 g/mol. The Labute approximate surface area is 115 Å². The monoisotopic (exact) mass is 260 g/mol. The van der Waals surface area contributed by atoms with Crippen molar-refractivity contribution in [2.75, 3.05) is 0 Å². The first-order valence-electron chi connectivity index (χ1n) is 7.27. The van der Waals surface area contributed by atoms with Crippen LogP contribution in [0, 0.1) is 5.92 Å². The summed E-state index contributed by atoms with van der Waals surface area (Å²) in [5, 5.41) is 20.5. The Morgan fingerprint density at radius 2 is 1.74 bits per heavy atom. The van der Waals surface area contributed by atoms with Crippen LogP contribution in [-0.4, -0.2) is 16.3 Å². The number of aliphatic hydroxyl groups excluding tert-OH is 2. The van der Waals surface area contributed by atoms with E-state index in [4.69, 9.17) is 0 Å². The van der Waals surface area contributed by atoms with Crippen LogP contribution in [0.3, 0.4) is 0 Å². The standard InChI is InChI=1S/C17H24O2/c1-13(17(19)15-10-6-3-7-11-15)12-16(18)14-8-4-2-5-9-14/h3,6-7,10-11,14,16-19H,1-2,4-5,8-9,12H2/t16-,17-/m0/s1. The van der Waals surface area contributed by atoms with Crippen LogP contribution in [0.25, 0.3) is 0 Å². The molecule has 1 aromatic rings. The van der Waals surface area contributed by atoms with Crippen LogP contribution in [-0.2, 0) is 0 Å². The van der Waals surface area contributed by atoms with E-state index in [9.17, 15) is 10.2 Å². The van der Waals surface area contributed by atoms with Crippen molar-refractivity contribution in [2.45, 2.75) is 50.7 Å². The summed E-state index contributed by atoms with van der Waals surface area (Å²) in [7, 11) is 0. The van der Waals surface area contributed by atoms with Crippen LogP contribution >= 0.6 is 0 Å². The maximum absolute atomic E-state index is 10.3. The third kappa shape index (κ3) is 3.92. The van der Waals surface area contributed by atoms with Crippen molar-refractivity contribution >= 4 is 0 Å². The average Bonchev–Trinajstić information content (AvgIpc) is 2.48. The molecule has 2 atom stereocenters. The lowest BCUT2D eigenvalue weighted by atomic mass is 9.82. The highest BCUT2D eigenvalue weighted by Gasteiger charge is 2.24. The van der Waals surface area contributed by atoms with E-state index < -0.39 is 6.10 Å². The highest BCUT2D eigenvalue weighted by atomic mass is 16.3. The topological polar surface area (TPSA) is 40.5 Å².